The summed E-state index contributed by atoms with van der Waals surface area (Å²) in [5.41, 5.74) is 2.16. The summed E-state index contributed by atoms with van der Waals surface area (Å²) in [6.07, 6.45) is 8.66. The lowest BCUT2D eigenvalue weighted by Gasteiger charge is -2.28. The predicted molar refractivity (Wildman–Crippen MR) is 109 cm³/mol. The second kappa shape index (κ2) is 7.94. The largest absolute Gasteiger partial charge is 0.490 e. The van der Waals surface area contributed by atoms with E-state index >= 15 is 0 Å². The van der Waals surface area contributed by atoms with Crippen LogP contribution >= 0.6 is 0 Å². The van der Waals surface area contributed by atoms with Gasteiger partial charge in [-0.2, -0.15) is 0 Å². The minimum atomic E-state index is -0.569. The van der Waals surface area contributed by atoms with E-state index in [0.717, 1.165) is 61.1 Å². The number of anilines is 1. The Kier molecular flexibility index (Phi) is 5.38. The Morgan fingerprint density at radius 3 is 2.36 bits per heavy atom. The molecule has 2 aliphatic carbocycles. The van der Waals surface area contributed by atoms with Crippen molar-refractivity contribution in [1.82, 2.24) is 0 Å². The maximum atomic E-state index is 13.4. The van der Waals surface area contributed by atoms with Crippen molar-refractivity contribution in [2.24, 2.45) is 0 Å². The monoisotopic (exact) mass is 381 g/mol. The summed E-state index contributed by atoms with van der Waals surface area (Å²) in [6.45, 7) is 2.02. The van der Waals surface area contributed by atoms with Crippen molar-refractivity contribution >= 4 is 11.6 Å². The van der Waals surface area contributed by atoms with Crippen LogP contribution in [0.3, 0.4) is 0 Å². The summed E-state index contributed by atoms with van der Waals surface area (Å²) < 4.78 is 19.5. The van der Waals surface area contributed by atoms with Gasteiger partial charge in [-0.3, -0.25) is 4.79 Å². The van der Waals surface area contributed by atoms with Crippen LogP contribution in [0.2, 0.25) is 0 Å². The van der Waals surface area contributed by atoms with E-state index in [1.165, 1.54) is 25.0 Å². The Labute approximate surface area is 166 Å². The molecule has 0 bridgehead atoms. The highest BCUT2D eigenvalue weighted by Crippen LogP contribution is 2.42. The highest BCUT2D eigenvalue weighted by Gasteiger charge is 2.42. The molecule has 28 heavy (non-hydrogen) atoms. The minimum Gasteiger partial charge on any atom is -0.490 e. The molecule has 4 heteroatoms. The van der Waals surface area contributed by atoms with E-state index in [9.17, 15) is 9.18 Å². The molecule has 2 aliphatic rings. The molecular weight excluding hydrogens is 353 g/mol. The fourth-order valence-corrected chi connectivity index (χ4v) is 4.69. The highest BCUT2D eigenvalue weighted by atomic mass is 19.1. The number of ether oxygens (including phenoxy) is 1. The van der Waals surface area contributed by atoms with Gasteiger partial charge in [-0.05, 0) is 86.9 Å². The van der Waals surface area contributed by atoms with Crippen LogP contribution in [-0.4, -0.2) is 12.0 Å². The second-order valence-corrected chi connectivity index (χ2v) is 8.25. The normalized spacial score (nSPS) is 18.9. The maximum absolute atomic E-state index is 13.4. The number of hydrogen-bond acceptors (Lipinski definition) is 2. The van der Waals surface area contributed by atoms with E-state index in [1.54, 1.807) is 12.1 Å². The van der Waals surface area contributed by atoms with Crippen molar-refractivity contribution < 1.29 is 13.9 Å². The Morgan fingerprint density at radius 2 is 1.71 bits per heavy atom. The Morgan fingerprint density at radius 1 is 1.04 bits per heavy atom. The third kappa shape index (κ3) is 3.78. The first-order valence-corrected chi connectivity index (χ1v) is 10.4. The van der Waals surface area contributed by atoms with Gasteiger partial charge in [-0.15, -0.1) is 0 Å². The first-order chi connectivity index (χ1) is 13.6. The van der Waals surface area contributed by atoms with Crippen molar-refractivity contribution in [3.05, 3.63) is 59.4 Å². The SMILES string of the molecule is Cc1cc(NC(=O)C2(c3ccc(F)cc3)CCCC2)ccc1OC1CCCC1. The molecule has 2 saturated carbocycles. The fourth-order valence-electron chi connectivity index (χ4n) is 4.69. The number of nitrogens with one attached hydrogen (secondary N) is 1. The lowest BCUT2D eigenvalue weighted by molar-refractivity contribution is -0.121. The lowest BCUT2D eigenvalue weighted by Crippen LogP contribution is -2.38. The number of carbonyl (C=O) groups is 1. The first kappa shape index (κ1) is 19.0. The average Bonchev–Trinajstić information content (AvgIpc) is 3.37. The topological polar surface area (TPSA) is 38.3 Å². The molecule has 148 valence electrons. The number of halogens is 1. The zero-order valence-electron chi connectivity index (χ0n) is 16.5. The zero-order valence-corrected chi connectivity index (χ0v) is 16.5. The molecule has 3 nitrogen and oxygen atoms in total. The molecule has 2 aromatic carbocycles. The zero-order chi connectivity index (χ0) is 19.6. The van der Waals surface area contributed by atoms with Crippen LogP contribution in [0, 0.1) is 12.7 Å². The summed E-state index contributed by atoms with van der Waals surface area (Å²) in [6, 6.07) is 12.3. The van der Waals surface area contributed by atoms with Gasteiger partial charge in [0.25, 0.3) is 0 Å². The molecule has 1 amide bonds. The summed E-state index contributed by atoms with van der Waals surface area (Å²) >= 11 is 0. The van der Waals surface area contributed by atoms with Gasteiger partial charge in [-0.1, -0.05) is 25.0 Å². The van der Waals surface area contributed by atoms with Gasteiger partial charge in [0.1, 0.15) is 11.6 Å². The van der Waals surface area contributed by atoms with Gasteiger partial charge in [0.05, 0.1) is 11.5 Å². The Bertz CT molecular complexity index is 834. The fraction of sp³-hybridized carbons (Fsp3) is 0.458. The number of benzene rings is 2. The molecule has 0 unspecified atom stereocenters. The lowest BCUT2D eigenvalue weighted by atomic mass is 9.78. The van der Waals surface area contributed by atoms with Crippen LogP contribution in [-0.2, 0) is 10.2 Å². The molecule has 0 atom stereocenters. The van der Waals surface area contributed by atoms with Gasteiger partial charge in [-0.25, -0.2) is 4.39 Å². The average molecular weight is 381 g/mol. The quantitative estimate of drug-likeness (QED) is 0.699. The van der Waals surface area contributed by atoms with Crippen LogP contribution in [0.5, 0.6) is 5.75 Å². The summed E-state index contributed by atoms with van der Waals surface area (Å²) in [7, 11) is 0. The van der Waals surface area contributed by atoms with Crippen LogP contribution in [0.4, 0.5) is 10.1 Å². The predicted octanol–water partition coefficient (Wildman–Crippen LogP) is 5.91. The molecule has 0 aromatic heterocycles. The van der Waals surface area contributed by atoms with Crippen LogP contribution in [0.1, 0.15) is 62.5 Å². The summed E-state index contributed by atoms with van der Waals surface area (Å²) in [4.78, 5) is 13.3. The van der Waals surface area contributed by atoms with Gasteiger partial charge < -0.3 is 10.1 Å². The molecule has 0 aliphatic heterocycles. The molecule has 2 fully saturated rings. The van der Waals surface area contributed by atoms with E-state index in [-0.39, 0.29) is 11.7 Å². The van der Waals surface area contributed by atoms with Crippen molar-refractivity contribution in [2.75, 3.05) is 5.32 Å². The van der Waals surface area contributed by atoms with Crippen LogP contribution in [0.15, 0.2) is 42.5 Å². The van der Waals surface area contributed by atoms with Gasteiger partial charge in [0.2, 0.25) is 5.91 Å². The van der Waals surface area contributed by atoms with E-state index in [4.69, 9.17) is 4.74 Å². The van der Waals surface area contributed by atoms with Crippen LogP contribution < -0.4 is 10.1 Å². The number of amides is 1. The van der Waals surface area contributed by atoms with Crippen LogP contribution in [0.25, 0.3) is 0 Å². The Hall–Kier alpha value is -2.36. The van der Waals surface area contributed by atoms with Crippen molar-refractivity contribution in [3.8, 4) is 5.75 Å². The van der Waals surface area contributed by atoms with Gasteiger partial charge >= 0.3 is 0 Å². The third-order valence-electron chi connectivity index (χ3n) is 6.32. The van der Waals surface area contributed by atoms with E-state index in [1.807, 2.05) is 25.1 Å². The number of carbonyl (C=O) groups excluding carboxylic acids is 1. The number of aryl methyl sites for hydroxylation is 1. The van der Waals surface area contributed by atoms with Crippen molar-refractivity contribution in [1.29, 1.82) is 0 Å². The van der Waals surface area contributed by atoms with Crippen molar-refractivity contribution in [2.45, 2.75) is 69.8 Å². The minimum absolute atomic E-state index is 0.000435. The molecule has 2 aromatic rings. The highest BCUT2D eigenvalue weighted by molar-refractivity contribution is 5.99. The van der Waals surface area contributed by atoms with Crippen molar-refractivity contribution in [3.63, 3.8) is 0 Å². The molecular formula is C24H28FNO2. The first-order valence-electron chi connectivity index (χ1n) is 10.4. The number of rotatable bonds is 5. The maximum Gasteiger partial charge on any atom is 0.235 e. The smallest absolute Gasteiger partial charge is 0.235 e. The molecule has 0 heterocycles. The summed E-state index contributed by atoms with van der Waals surface area (Å²) in [5, 5.41) is 3.11. The van der Waals surface area contributed by atoms with Gasteiger partial charge in [0.15, 0.2) is 0 Å². The molecule has 1 N–H and O–H groups in total. The van der Waals surface area contributed by atoms with E-state index < -0.39 is 5.41 Å². The van der Waals surface area contributed by atoms with E-state index in [0.29, 0.717) is 6.10 Å². The Balaban J connectivity index is 1.51. The summed E-state index contributed by atoms with van der Waals surface area (Å²) in [5.74, 6) is 0.630. The molecule has 0 radical (unpaired) electrons. The molecule has 4 rings (SSSR count). The molecule has 0 spiro atoms. The third-order valence-corrected chi connectivity index (χ3v) is 6.32. The second-order valence-electron chi connectivity index (χ2n) is 8.25. The molecule has 0 saturated heterocycles. The van der Waals surface area contributed by atoms with Gasteiger partial charge in [0, 0.05) is 5.69 Å². The van der Waals surface area contributed by atoms with E-state index in [2.05, 4.69) is 5.32 Å². The standard InChI is InChI=1S/C24H28FNO2/c1-17-16-20(12-13-22(17)28-21-6-2-3-7-21)26-23(27)24(14-4-5-15-24)18-8-10-19(25)11-9-18/h8-13,16,21H,2-7,14-15H2,1H3,(H,26,27). The number of hydrogen-bond donors (Lipinski definition) is 1.